The molecule has 0 atom stereocenters. The number of pyridine rings is 2. The van der Waals surface area contributed by atoms with Gasteiger partial charge in [-0.25, -0.2) is 0 Å². The molecule has 4 nitrogen and oxygen atoms in total. The highest BCUT2D eigenvalue weighted by Gasteiger charge is 2.09. The van der Waals surface area contributed by atoms with E-state index in [1.54, 1.807) is 18.3 Å². The van der Waals surface area contributed by atoms with E-state index in [0.717, 1.165) is 0 Å². The molecule has 2 aromatic heterocycles. The Bertz CT molecular complexity index is 666. The minimum absolute atomic E-state index is 0.122. The molecule has 0 fully saturated rings. The van der Waals surface area contributed by atoms with Gasteiger partial charge in [-0.2, -0.15) is 5.26 Å². The minimum atomic E-state index is -0.319. The molecule has 0 spiro atoms. The third-order valence-electron chi connectivity index (χ3n) is 2.53. The molecule has 0 N–H and O–H groups in total. The Morgan fingerprint density at radius 2 is 2.22 bits per heavy atom. The normalized spacial score (nSPS) is 9.72. The van der Waals surface area contributed by atoms with Crippen molar-refractivity contribution in [3.05, 3.63) is 65.1 Å². The van der Waals surface area contributed by atoms with Crippen molar-refractivity contribution in [1.29, 1.82) is 5.26 Å². The van der Waals surface area contributed by atoms with Gasteiger partial charge in [0, 0.05) is 12.7 Å². The van der Waals surface area contributed by atoms with Crippen LogP contribution in [0.1, 0.15) is 5.56 Å². The molecule has 0 saturated heterocycles. The molecule has 0 amide bonds. The second-order valence-electron chi connectivity index (χ2n) is 3.66. The molecule has 0 aliphatic carbocycles. The Morgan fingerprint density at radius 1 is 1.39 bits per heavy atom. The highest BCUT2D eigenvalue weighted by Crippen LogP contribution is 2.15. The van der Waals surface area contributed by atoms with Crippen LogP contribution < -0.4 is 5.56 Å². The van der Waals surface area contributed by atoms with Gasteiger partial charge in [0.15, 0.2) is 0 Å². The molecule has 18 heavy (non-hydrogen) atoms. The summed E-state index contributed by atoms with van der Waals surface area (Å²) in [4.78, 5) is 16.3. The first-order valence-electron chi connectivity index (χ1n) is 5.44. The molecule has 0 aliphatic heterocycles. The van der Waals surface area contributed by atoms with Gasteiger partial charge in [-0.15, -0.1) is 6.58 Å². The molecular formula is C14H11N3O. The summed E-state index contributed by atoms with van der Waals surface area (Å²) in [6, 6.07) is 10.6. The van der Waals surface area contributed by atoms with Crippen LogP contribution in [0.15, 0.2) is 54.0 Å². The molecule has 0 aromatic carbocycles. The van der Waals surface area contributed by atoms with Crippen molar-refractivity contribution in [1.82, 2.24) is 9.55 Å². The van der Waals surface area contributed by atoms with Crippen LogP contribution in [-0.4, -0.2) is 9.55 Å². The van der Waals surface area contributed by atoms with Gasteiger partial charge in [0.1, 0.15) is 11.6 Å². The van der Waals surface area contributed by atoms with E-state index in [4.69, 9.17) is 5.26 Å². The summed E-state index contributed by atoms with van der Waals surface area (Å²) < 4.78 is 1.49. The molecule has 2 heterocycles. The number of allylic oxidation sites excluding steroid dienone is 1. The van der Waals surface area contributed by atoms with Crippen molar-refractivity contribution >= 4 is 0 Å². The van der Waals surface area contributed by atoms with E-state index >= 15 is 0 Å². The van der Waals surface area contributed by atoms with Gasteiger partial charge < -0.3 is 4.57 Å². The maximum Gasteiger partial charge on any atom is 0.269 e. The van der Waals surface area contributed by atoms with E-state index in [2.05, 4.69) is 11.6 Å². The lowest BCUT2D eigenvalue weighted by molar-refractivity contribution is 0.783. The SMILES string of the molecule is C=CCn1c(-c2ccccn2)ccc(C#N)c1=O. The maximum atomic E-state index is 12.0. The number of hydrogen-bond donors (Lipinski definition) is 0. The minimum Gasteiger partial charge on any atom is -0.302 e. The summed E-state index contributed by atoms with van der Waals surface area (Å²) in [5.41, 5.74) is 1.18. The van der Waals surface area contributed by atoms with E-state index < -0.39 is 0 Å². The molecule has 88 valence electrons. The Balaban J connectivity index is 2.69. The highest BCUT2D eigenvalue weighted by molar-refractivity contribution is 5.55. The fourth-order valence-electron chi connectivity index (χ4n) is 1.71. The Kier molecular flexibility index (Phi) is 3.35. The van der Waals surface area contributed by atoms with Crippen molar-refractivity contribution in [2.75, 3.05) is 0 Å². The van der Waals surface area contributed by atoms with Crippen LogP contribution in [0.2, 0.25) is 0 Å². The van der Waals surface area contributed by atoms with E-state index in [-0.39, 0.29) is 11.1 Å². The zero-order valence-corrected chi connectivity index (χ0v) is 9.71. The van der Waals surface area contributed by atoms with Gasteiger partial charge in [0.05, 0.1) is 11.4 Å². The summed E-state index contributed by atoms with van der Waals surface area (Å²) in [6.45, 7) is 3.97. The number of rotatable bonds is 3. The molecular weight excluding hydrogens is 226 g/mol. The second-order valence-corrected chi connectivity index (χ2v) is 3.66. The predicted molar refractivity (Wildman–Crippen MR) is 68.8 cm³/mol. The van der Waals surface area contributed by atoms with E-state index in [1.807, 2.05) is 24.3 Å². The van der Waals surface area contributed by atoms with Crippen molar-refractivity contribution in [2.45, 2.75) is 6.54 Å². The zero-order chi connectivity index (χ0) is 13.0. The monoisotopic (exact) mass is 237 g/mol. The first kappa shape index (κ1) is 11.8. The summed E-state index contributed by atoms with van der Waals surface area (Å²) >= 11 is 0. The molecule has 2 aromatic rings. The van der Waals surface area contributed by atoms with Crippen molar-refractivity contribution < 1.29 is 0 Å². The summed E-state index contributed by atoms with van der Waals surface area (Å²) in [5, 5.41) is 8.87. The fraction of sp³-hybridized carbons (Fsp3) is 0.0714. The standard InChI is InChI=1S/C14H11N3O/c1-2-9-17-13(12-5-3-4-8-16-12)7-6-11(10-15)14(17)18/h2-8H,1,9H2. The molecule has 4 heteroatoms. The number of hydrogen-bond acceptors (Lipinski definition) is 3. The van der Waals surface area contributed by atoms with Crippen LogP contribution >= 0.6 is 0 Å². The Morgan fingerprint density at radius 3 is 2.83 bits per heavy atom. The first-order chi connectivity index (χ1) is 8.77. The lowest BCUT2D eigenvalue weighted by atomic mass is 10.2. The fourth-order valence-corrected chi connectivity index (χ4v) is 1.71. The quantitative estimate of drug-likeness (QED) is 0.767. The van der Waals surface area contributed by atoms with Gasteiger partial charge >= 0.3 is 0 Å². The van der Waals surface area contributed by atoms with Crippen molar-refractivity contribution in [2.24, 2.45) is 0 Å². The van der Waals surface area contributed by atoms with Crippen LogP contribution in [0.4, 0.5) is 0 Å². The zero-order valence-electron chi connectivity index (χ0n) is 9.71. The number of nitriles is 1. The van der Waals surface area contributed by atoms with Gasteiger partial charge in [-0.3, -0.25) is 9.78 Å². The van der Waals surface area contributed by atoms with Gasteiger partial charge in [0.25, 0.3) is 5.56 Å². The van der Waals surface area contributed by atoms with E-state index in [0.29, 0.717) is 17.9 Å². The van der Waals surface area contributed by atoms with Crippen molar-refractivity contribution in [3.63, 3.8) is 0 Å². The second kappa shape index (κ2) is 5.11. The Labute approximate surface area is 104 Å². The molecule has 0 aliphatic rings. The molecule has 0 saturated carbocycles. The van der Waals surface area contributed by atoms with Crippen LogP contribution in [0.5, 0.6) is 0 Å². The molecule has 0 radical (unpaired) electrons. The lowest BCUT2D eigenvalue weighted by Crippen LogP contribution is -2.23. The molecule has 0 bridgehead atoms. The third-order valence-corrected chi connectivity index (χ3v) is 2.53. The average Bonchev–Trinajstić information content (AvgIpc) is 2.42. The van der Waals surface area contributed by atoms with E-state index in [9.17, 15) is 4.79 Å². The van der Waals surface area contributed by atoms with Crippen LogP contribution in [0.3, 0.4) is 0 Å². The summed E-state index contributed by atoms with van der Waals surface area (Å²) in [7, 11) is 0. The maximum absolute atomic E-state index is 12.0. The average molecular weight is 237 g/mol. The van der Waals surface area contributed by atoms with Crippen LogP contribution in [-0.2, 0) is 6.54 Å². The van der Waals surface area contributed by atoms with E-state index in [1.165, 1.54) is 10.6 Å². The molecule has 2 rings (SSSR count). The highest BCUT2D eigenvalue weighted by atomic mass is 16.1. The van der Waals surface area contributed by atoms with Gasteiger partial charge in [-0.05, 0) is 24.3 Å². The summed E-state index contributed by atoms with van der Waals surface area (Å²) in [6.07, 6.45) is 3.28. The van der Waals surface area contributed by atoms with Gasteiger partial charge in [-0.1, -0.05) is 12.1 Å². The lowest BCUT2D eigenvalue weighted by Gasteiger charge is -2.10. The van der Waals surface area contributed by atoms with Gasteiger partial charge in [0.2, 0.25) is 0 Å². The largest absolute Gasteiger partial charge is 0.302 e. The topological polar surface area (TPSA) is 58.7 Å². The Hall–Kier alpha value is -2.67. The number of aromatic nitrogens is 2. The van der Waals surface area contributed by atoms with Crippen molar-refractivity contribution in [3.8, 4) is 17.5 Å². The first-order valence-corrected chi connectivity index (χ1v) is 5.44. The smallest absolute Gasteiger partial charge is 0.269 e. The third kappa shape index (κ3) is 2.06. The van der Waals surface area contributed by atoms with Crippen LogP contribution in [0.25, 0.3) is 11.4 Å². The van der Waals surface area contributed by atoms with Crippen LogP contribution in [0, 0.1) is 11.3 Å². The predicted octanol–water partition coefficient (Wildman–Crippen LogP) is 1.97. The number of nitrogens with zero attached hydrogens (tertiary/aromatic N) is 3. The summed E-state index contributed by atoms with van der Waals surface area (Å²) in [5.74, 6) is 0. The molecule has 0 unspecified atom stereocenters.